The van der Waals surface area contributed by atoms with Crippen LogP contribution in [0.2, 0.25) is 0 Å². The fraction of sp³-hybridized carbons (Fsp3) is 0. The summed E-state index contributed by atoms with van der Waals surface area (Å²) in [6.45, 7) is 0. The Hall–Kier alpha value is -2.87. The lowest BCUT2D eigenvalue weighted by Crippen LogP contribution is -2.12. The van der Waals surface area contributed by atoms with Crippen LogP contribution < -0.4 is 5.63 Å². The highest BCUT2D eigenvalue weighted by Crippen LogP contribution is 2.20. The second-order valence-corrected chi connectivity index (χ2v) is 6.21. The highest BCUT2D eigenvalue weighted by molar-refractivity contribution is 7.90. The molecule has 0 spiro atoms. The Morgan fingerprint density at radius 3 is 2.41 bits per heavy atom. The predicted molar refractivity (Wildman–Crippen MR) is 76.5 cm³/mol. The average molecular weight is 319 g/mol. The number of hydrogen-bond donors (Lipinski definition) is 1. The van der Waals surface area contributed by atoms with Crippen LogP contribution in [0.15, 0.2) is 62.7 Å². The molecule has 7 nitrogen and oxygen atoms in total. The van der Waals surface area contributed by atoms with Gasteiger partial charge >= 0.3 is 11.6 Å². The molecule has 0 unspecified atom stereocenters. The van der Waals surface area contributed by atoms with E-state index in [1.165, 1.54) is 36.4 Å². The van der Waals surface area contributed by atoms with E-state index >= 15 is 0 Å². The van der Waals surface area contributed by atoms with Crippen molar-refractivity contribution in [3.63, 3.8) is 0 Å². The SMILES string of the molecule is O=C(O)c1ccc2c(=O)on(S(=O)(=O)c3ccccc3)c2c1. The van der Waals surface area contributed by atoms with E-state index in [1.54, 1.807) is 6.07 Å². The van der Waals surface area contributed by atoms with Gasteiger partial charge in [-0.05, 0) is 30.3 Å². The number of carboxylic acids is 1. The molecule has 1 aromatic heterocycles. The van der Waals surface area contributed by atoms with Gasteiger partial charge in [0.1, 0.15) is 5.52 Å². The van der Waals surface area contributed by atoms with E-state index in [0.717, 1.165) is 6.07 Å². The smallest absolute Gasteiger partial charge is 0.366 e. The van der Waals surface area contributed by atoms with Crippen molar-refractivity contribution in [3.05, 3.63) is 64.5 Å². The molecule has 2 aromatic carbocycles. The lowest BCUT2D eigenvalue weighted by molar-refractivity contribution is 0.0697. The van der Waals surface area contributed by atoms with E-state index in [4.69, 9.17) is 9.63 Å². The van der Waals surface area contributed by atoms with Crippen LogP contribution in [0.3, 0.4) is 0 Å². The van der Waals surface area contributed by atoms with Gasteiger partial charge in [0.25, 0.3) is 10.0 Å². The Bertz CT molecular complexity index is 1030. The molecule has 0 aliphatic carbocycles. The molecule has 0 aliphatic rings. The standard InChI is InChI=1S/C14H9NO6S/c16-13(17)9-6-7-11-12(8-9)15(21-14(11)18)22(19,20)10-4-2-1-3-5-10/h1-8H,(H,16,17). The van der Waals surface area contributed by atoms with Gasteiger partial charge < -0.3 is 9.63 Å². The fourth-order valence-corrected chi connectivity index (χ4v) is 3.30. The monoisotopic (exact) mass is 319 g/mol. The Kier molecular flexibility index (Phi) is 3.10. The van der Waals surface area contributed by atoms with Crippen LogP contribution in [-0.4, -0.2) is 23.6 Å². The zero-order chi connectivity index (χ0) is 15.9. The summed E-state index contributed by atoms with van der Waals surface area (Å²) in [7, 11) is -4.13. The van der Waals surface area contributed by atoms with Gasteiger partial charge in [0, 0.05) is 0 Å². The molecule has 0 atom stereocenters. The predicted octanol–water partition coefficient (Wildman–Crippen LogP) is 1.53. The molecule has 0 saturated carbocycles. The molecule has 0 saturated heterocycles. The highest BCUT2D eigenvalue weighted by Gasteiger charge is 2.23. The third-order valence-electron chi connectivity index (χ3n) is 3.09. The molecule has 0 aliphatic heterocycles. The summed E-state index contributed by atoms with van der Waals surface area (Å²) in [5, 5.41) is 8.98. The second kappa shape index (κ2) is 4.85. The molecular weight excluding hydrogens is 310 g/mol. The summed E-state index contributed by atoms with van der Waals surface area (Å²) in [6, 6.07) is 10.9. The number of carboxylic acid groups (broad SMARTS) is 1. The van der Waals surface area contributed by atoms with Crippen molar-refractivity contribution in [1.82, 2.24) is 4.15 Å². The number of fused-ring (bicyclic) bond motifs is 1. The first-order valence-electron chi connectivity index (χ1n) is 6.11. The van der Waals surface area contributed by atoms with Crippen molar-refractivity contribution in [3.8, 4) is 0 Å². The number of benzene rings is 2. The number of nitrogens with zero attached hydrogens (tertiary/aromatic N) is 1. The summed E-state index contributed by atoms with van der Waals surface area (Å²) in [5.74, 6) is -1.24. The zero-order valence-electron chi connectivity index (χ0n) is 11.0. The van der Waals surface area contributed by atoms with Crippen molar-refractivity contribution < 1.29 is 22.8 Å². The third kappa shape index (κ3) is 2.09. The Morgan fingerprint density at radius 2 is 1.77 bits per heavy atom. The normalized spacial score (nSPS) is 11.6. The molecular formula is C14H9NO6S. The summed E-state index contributed by atoms with van der Waals surface area (Å²) in [4.78, 5) is 22.7. The maximum absolute atomic E-state index is 12.5. The minimum atomic E-state index is -4.13. The maximum Gasteiger partial charge on any atom is 0.366 e. The van der Waals surface area contributed by atoms with Crippen LogP contribution in [-0.2, 0) is 10.0 Å². The molecule has 1 N–H and O–H groups in total. The summed E-state index contributed by atoms with van der Waals surface area (Å²) >= 11 is 0. The molecule has 0 amide bonds. The van der Waals surface area contributed by atoms with Crippen molar-refractivity contribution in [2.45, 2.75) is 4.90 Å². The lowest BCUT2D eigenvalue weighted by atomic mass is 10.2. The van der Waals surface area contributed by atoms with Crippen LogP contribution in [0, 0.1) is 0 Å². The molecule has 0 bridgehead atoms. The fourth-order valence-electron chi connectivity index (χ4n) is 2.03. The molecule has 3 rings (SSSR count). The summed E-state index contributed by atoms with van der Waals surface area (Å²) in [5.41, 5.74) is -1.12. The lowest BCUT2D eigenvalue weighted by Gasteiger charge is -2.04. The van der Waals surface area contributed by atoms with E-state index < -0.39 is 21.6 Å². The molecule has 22 heavy (non-hydrogen) atoms. The first-order chi connectivity index (χ1) is 10.4. The molecule has 1 heterocycles. The van der Waals surface area contributed by atoms with Crippen molar-refractivity contribution in [2.24, 2.45) is 0 Å². The van der Waals surface area contributed by atoms with Gasteiger partial charge in [0.2, 0.25) is 0 Å². The average Bonchev–Trinajstić information content (AvgIpc) is 2.85. The third-order valence-corrected chi connectivity index (χ3v) is 4.66. The number of aromatic carboxylic acids is 1. The van der Waals surface area contributed by atoms with Crippen molar-refractivity contribution in [2.75, 3.05) is 0 Å². The van der Waals surface area contributed by atoms with Crippen molar-refractivity contribution in [1.29, 1.82) is 0 Å². The molecule has 0 radical (unpaired) electrons. The first kappa shape index (κ1) is 14.1. The van der Waals surface area contributed by atoms with Crippen LogP contribution >= 0.6 is 0 Å². The van der Waals surface area contributed by atoms with E-state index in [-0.39, 0.29) is 21.4 Å². The van der Waals surface area contributed by atoms with Gasteiger partial charge in [-0.1, -0.05) is 22.3 Å². The molecule has 3 aromatic rings. The van der Waals surface area contributed by atoms with Gasteiger partial charge in [0.05, 0.1) is 15.8 Å². The Balaban J connectivity index is 2.34. The van der Waals surface area contributed by atoms with Crippen LogP contribution in [0.5, 0.6) is 0 Å². The maximum atomic E-state index is 12.5. The Morgan fingerprint density at radius 1 is 1.09 bits per heavy atom. The second-order valence-electron chi connectivity index (χ2n) is 4.46. The minimum absolute atomic E-state index is 0.00972. The largest absolute Gasteiger partial charge is 0.478 e. The van der Waals surface area contributed by atoms with Gasteiger partial charge in [-0.15, -0.1) is 0 Å². The van der Waals surface area contributed by atoms with Gasteiger partial charge in [-0.2, -0.15) is 8.42 Å². The highest BCUT2D eigenvalue weighted by atomic mass is 32.2. The number of rotatable bonds is 3. The summed E-state index contributed by atoms with van der Waals surface area (Å²) in [6.07, 6.45) is 0. The quantitative estimate of drug-likeness (QED) is 0.784. The van der Waals surface area contributed by atoms with E-state index in [0.29, 0.717) is 4.15 Å². The Labute approximate surface area is 124 Å². The van der Waals surface area contributed by atoms with Gasteiger partial charge in [0.15, 0.2) is 0 Å². The van der Waals surface area contributed by atoms with Gasteiger partial charge in [-0.3, -0.25) is 0 Å². The molecule has 8 heteroatoms. The molecule has 0 fully saturated rings. The van der Waals surface area contributed by atoms with Crippen LogP contribution in [0.4, 0.5) is 0 Å². The summed E-state index contributed by atoms with van der Waals surface area (Å²) < 4.78 is 30.3. The minimum Gasteiger partial charge on any atom is -0.478 e. The van der Waals surface area contributed by atoms with Crippen LogP contribution in [0.1, 0.15) is 10.4 Å². The number of aromatic nitrogens is 1. The van der Waals surface area contributed by atoms with E-state index in [1.807, 2.05) is 0 Å². The first-order valence-corrected chi connectivity index (χ1v) is 7.55. The zero-order valence-corrected chi connectivity index (χ0v) is 11.8. The van der Waals surface area contributed by atoms with Crippen molar-refractivity contribution >= 4 is 26.9 Å². The number of carbonyl (C=O) groups is 1. The van der Waals surface area contributed by atoms with Crippen LogP contribution in [0.25, 0.3) is 10.9 Å². The topological polar surface area (TPSA) is 107 Å². The van der Waals surface area contributed by atoms with Gasteiger partial charge in [-0.25, -0.2) is 9.59 Å². The molecule has 112 valence electrons. The number of hydrogen-bond acceptors (Lipinski definition) is 5. The van der Waals surface area contributed by atoms with E-state index in [9.17, 15) is 18.0 Å². The van der Waals surface area contributed by atoms with E-state index in [2.05, 4.69) is 0 Å².